The van der Waals surface area contributed by atoms with E-state index < -0.39 is 0 Å². The lowest BCUT2D eigenvalue weighted by atomic mass is 9.90. The lowest BCUT2D eigenvalue weighted by Crippen LogP contribution is -2.15. The van der Waals surface area contributed by atoms with E-state index in [4.69, 9.17) is 7.85 Å². The van der Waals surface area contributed by atoms with Crippen molar-refractivity contribution in [1.82, 2.24) is 9.97 Å². The summed E-state index contributed by atoms with van der Waals surface area (Å²) in [5, 5.41) is 0.540. The fourth-order valence-electron chi connectivity index (χ4n) is 1.42. The van der Waals surface area contributed by atoms with Gasteiger partial charge in [0.05, 0.1) is 10.9 Å². The summed E-state index contributed by atoms with van der Waals surface area (Å²) in [4.78, 5) is 18.4. The molecule has 1 heterocycles. The van der Waals surface area contributed by atoms with Crippen molar-refractivity contribution in [1.29, 1.82) is 0 Å². The van der Waals surface area contributed by atoms with Crippen molar-refractivity contribution in [2.75, 3.05) is 0 Å². The molecule has 0 aliphatic rings. The van der Waals surface area contributed by atoms with Gasteiger partial charge in [-0.15, -0.1) is 0 Å². The first-order valence-electron chi connectivity index (χ1n) is 4.34. The van der Waals surface area contributed by atoms with Crippen molar-refractivity contribution >= 4 is 24.2 Å². The zero-order valence-corrected chi connectivity index (χ0v) is 8.09. The summed E-state index contributed by atoms with van der Waals surface area (Å²) in [6.45, 7) is 3.65. The van der Waals surface area contributed by atoms with Gasteiger partial charge in [0.1, 0.15) is 13.7 Å². The van der Waals surface area contributed by atoms with Crippen molar-refractivity contribution in [2.45, 2.75) is 13.8 Å². The van der Waals surface area contributed by atoms with Crippen LogP contribution in [-0.4, -0.2) is 17.8 Å². The van der Waals surface area contributed by atoms with Crippen LogP contribution in [0.3, 0.4) is 0 Å². The Balaban J connectivity index is 2.96. The lowest BCUT2D eigenvalue weighted by Gasteiger charge is -2.03. The Morgan fingerprint density at radius 1 is 1.36 bits per heavy atom. The topological polar surface area (TPSA) is 45.8 Å². The van der Waals surface area contributed by atoms with Gasteiger partial charge in [-0.05, 0) is 19.9 Å². The summed E-state index contributed by atoms with van der Waals surface area (Å²) in [6.07, 6.45) is 0. The van der Waals surface area contributed by atoms with Crippen LogP contribution in [0.1, 0.15) is 11.4 Å². The minimum Gasteiger partial charge on any atom is -0.310 e. The number of H-pyrrole nitrogens is 1. The Morgan fingerprint density at radius 3 is 2.79 bits per heavy atom. The Labute approximate surface area is 82.6 Å². The predicted molar refractivity (Wildman–Crippen MR) is 57.2 cm³/mol. The first kappa shape index (κ1) is 9.00. The number of benzene rings is 1. The second-order valence-corrected chi connectivity index (χ2v) is 3.38. The third-order valence-corrected chi connectivity index (χ3v) is 2.21. The number of aromatic amines is 1. The first-order chi connectivity index (χ1) is 6.58. The molecule has 2 radical (unpaired) electrons. The number of nitrogens with one attached hydrogen (secondary N) is 1. The molecule has 3 nitrogen and oxygen atoms in total. The summed E-state index contributed by atoms with van der Waals surface area (Å²) in [5.74, 6) is 0.617. The van der Waals surface area contributed by atoms with Gasteiger partial charge in [-0.25, -0.2) is 4.98 Å². The van der Waals surface area contributed by atoms with Gasteiger partial charge in [0.15, 0.2) is 0 Å². The van der Waals surface area contributed by atoms with E-state index >= 15 is 0 Å². The summed E-state index contributed by atoms with van der Waals surface area (Å²) in [7, 11) is 5.71. The molecule has 4 heteroatoms. The molecular weight excluding hydrogens is 175 g/mol. The number of fused-ring (bicyclic) bond motifs is 1. The van der Waals surface area contributed by atoms with E-state index in [2.05, 4.69) is 9.97 Å². The number of hydrogen-bond acceptors (Lipinski definition) is 2. The third kappa shape index (κ3) is 1.33. The molecule has 0 aliphatic heterocycles. The minimum absolute atomic E-state index is 0.140. The molecule has 1 aromatic heterocycles. The maximum absolute atomic E-state index is 11.5. The van der Waals surface area contributed by atoms with Crippen molar-refractivity contribution in [3.05, 3.63) is 33.9 Å². The van der Waals surface area contributed by atoms with Crippen molar-refractivity contribution < 1.29 is 0 Å². The van der Waals surface area contributed by atoms with Crippen LogP contribution < -0.4 is 11.0 Å². The highest BCUT2D eigenvalue weighted by atomic mass is 16.1. The van der Waals surface area contributed by atoms with Crippen molar-refractivity contribution in [3.63, 3.8) is 0 Å². The number of aryl methyl sites for hydroxylation is 2. The van der Waals surface area contributed by atoms with E-state index in [-0.39, 0.29) is 5.56 Å². The number of nitrogens with zero attached hydrogens (tertiary/aromatic N) is 1. The molecule has 0 saturated carbocycles. The zero-order valence-electron chi connectivity index (χ0n) is 8.09. The quantitative estimate of drug-likeness (QED) is 0.599. The van der Waals surface area contributed by atoms with E-state index in [0.29, 0.717) is 22.2 Å². The second-order valence-electron chi connectivity index (χ2n) is 3.38. The molecule has 0 saturated heterocycles. The highest BCUT2D eigenvalue weighted by molar-refractivity contribution is 6.34. The molecule has 0 bridgehead atoms. The Bertz CT molecular complexity index is 560. The fraction of sp³-hybridized carbons (Fsp3) is 0.200. The van der Waals surface area contributed by atoms with Crippen LogP contribution in [0, 0.1) is 13.8 Å². The van der Waals surface area contributed by atoms with Gasteiger partial charge >= 0.3 is 0 Å². The molecule has 0 amide bonds. The van der Waals surface area contributed by atoms with E-state index in [1.54, 1.807) is 13.0 Å². The van der Waals surface area contributed by atoms with Crippen LogP contribution in [0.2, 0.25) is 0 Å². The molecular formula is C10H9BN2O. The summed E-state index contributed by atoms with van der Waals surface area (Å²) in [5.41, 5.74) is 2.11. The Morgan fingerprint density at radius 2 is 2.07 bits per heavy atom. The summed E-state index contributed by atoms with van der Waals surface area (Å²) >= 11 is 0. The van der Waals surface area contributed by atoms with Crippen molar-refractivity contribution in [3.8, 4) is 0 Å². The Kier molecular flexibility index (Phi) is 1.91. The van der Waals surface area contributed by atoms with Crippen LogP contribution in [-0.2, 0) is 0 Å². The second kappa shape index (κ2) is 2.98. The van der Waals surface area contributed by atoms with Gasteiger partial charge in [0.25, 0.3) is 5.56 Å². The molecule has 0 aliphatic carbocycles. The van der Waals surface area contributed by atoms with Gasteiger partial charge in [-0.3, -0.25) is 4.79 Å². The molecule has 0 spiro atoms. The van der Waals surface area contributed by atoms with Crippen LogP contribution >= 0.6 is 0 Å². The average molecular weight is 184 g/mol. The molecule has 2 aromatic rings. The smallest absolute Gasteiger partial charge is 0.258 e. The van der Waals surface area contributed by atoms with E-state index in [9.17, 15) is 4.79 Å². The van der Waals surface area contributed by atoms with Crippen LogP contribution in [0.4, 0.5) is 0 Å². The largest absolute Gasteiger partial charge is 0.310 e. The SMILES string of the molecule is [B]c1cc2c(=O)[nH]c(C)nc2cc1C. The maximum atomic E-state index is 11.5. The minimum atomic E-state index is -0.140. The van der Waals surface area contributed by atoms with Gasteiger partial charge in [-0.1, -0.05) is 17.1 Å². The standard InChI is InChI=1S/C10H9BN2O/c1-5-3-9-7(4-8(5)11)10(14)13-6(2)12-9/h3-4H,1-2H3,(H,12,13,14). The summed E-state index contributed by atoms with van der Waals surface area (Å²) in [6, 6.07) is 3.49. The molecule has 14 heavy (non-hydrogen) atoms. The molecule has 68 valence electrons. The average Bonchev–Trinajstić information content (AvgIpc) is 2.08. The highest BCUT2D eigenvalue weighted by Gasteiger charge is 2.03. The molecule has 1 N–H and O–H groups in total. The molecule has 1 aromatic carbocycles. The molecule has 2 rings (SSSR count). The first-order valence-corrected chi connectivity index (χ1v) is 4.34. The molecule has 0 atom stereocenters. The number of aromatic nitrogens is 2. The van der Waals surface area contributed by atoms with Crippen LogP contribution in [0.15, 0.2) is 16.9 Å². The van der Waals surface area contributed by atoms with Crippen molar-refractivity contribution in [2.24, 2.45) is 0 Å². The lowest BCUT2D eigenvalue weighted by molar-refractivity contribution is 1.06. The van der Waals surface area contributed by atoms with Gasteiger partial charge in [-0.2, -0.15) is 0 Å². The molecule has 0 unspecified atom stereocenters. The normalized spacial score (nSPS) is 10.7. The van der Waals surface area contributed by atoms with E-state index in [0.717, 1.165) is 5.56 Å². The zero-order chi connectivity index (χ0) is 10.3. The van der Waals surface area contributed by atoms with Gasteiger partial charge in [0.2, 0.25) is 0 Å². The maximum Gasteiger partial charge on any atom is 0.258 e. The highest BCUT2D eigenvalue weighted by Crippen LogP contribution is 2.06. The number of rotatable bonds is 0. The molecule has 0 fully saturated rings. The monoisotopic (exact) mass is 184 g/mol. The van der Waals surface area contributed by atoms with E-state index in [1.807, 2.05) is 13.0 Å². The predicted octanol–water partition coefficient (Wildman–Crippen LogP) is 0.334. The third-order valence-electron chi connectivity index (χ3n) is 2.21. The van der Waals surface area contributed by atoms with Gasteiger partial charge in [0, 0.05) is 0 Å². The van der Waals surface area contributed by atoms with E-state index in [1.165, 1.54) is 0 Å². The van der Waals surface area contributed by atoms with Gasteiger partial charge < -0.3 is 4.98 Å². The summed E-state index contributed by atoms with van der Waals surface area (Å²) < 4.78 is 0. The Hall–Kier alpha value is -1.58. The van der Waals surface area contributed by atoms with Crippen LogP contribution in [0.25, 0.3) is 10.9 Å². The van der Waals surface area contributed by atoms with Crippen LogP contribution in [0.5, 0.6) is 0 Å². The fourth-order valence-corrected chi connectivity index (χ4v) is 1.42. The number of hydrogen-bond donors (Lipinski definition) is 1.